The number of hydrogen-bond acceptors (Lipinski definition) is 4. The molecule has 0 amide bonds. The van der Waals surface area contributed by atoms with Gasteiger partial charge in [0.25, 0.3) is 5.69 Å². The van der Waals surface area contributed by atoms with Crippen molar-refractivity contribution in [1.82, 2.24) is 0 Å². The highest BCUT2D eigenvalue weighted by Crippen LogP contribution is 2.24. The number of benzene rings is 1. The van der Waals surface area contributed by atoms with Crippen LogP contribution in [0.4, 0.5) is 11.4 Å². The molecule has 3 N–H and O–H groups in total. The van der Waals surface area contributed by atoms with Gasteiger partial charge in [-0.15, -0.1) is 12.6 Å². The predicted molar refractivity (Wildman–Crippen MR) is 60.8 cm³/mol. The molecule has 0 aliphatic carbocycles. The largest absolute Gasteiger partial charge is 0.376 e. The first kappa shape index (κ1) is 10.7. The molecule has 1 aromatic rings. The third-order valence-corrected chi connectivity index (χ3v) is 1.92. The highest BCUT2D eigenvalue weighted by atomic mass is 32.1. The van der Waals surface area contributed by atoms with Gasteiger partial charge in [0, 0.05) is 17.0 Å². The molecule has 0 fully saturated rings. The second-order valence-corrected chi connectivity index (χ2v) is 3.37. The number of thiol groups is 1. The van der Waals surface area contributed by atoms with E-state index in [2.05, 4.69) is 30.2 Å². The number of nitrogens with two attached hydrogens (primary N) is 1. The highest BCUT2D eigenvalue weighted by molar-refractivity contribution is 7.81. The summed E-state index contributed by atoms with van der Waals surface area (Å²) < 4.78 is 0. The Morgan fingerprint density at radius 2 is 2.29 bits per heavy atom. The number of nitrogens with one attached hydrogen (secondary N) is 1. The molecule has 5 nitrogen and oxygen atoms in total. The first-order valence-electron chi connectivity index (χ1n) is 3.54. The third kappa shape index (κ3) is 2.57. The molecular formula is C7H7N3O2S2. The second-order valence-electron chi connectivity index (χ2n) is 2.45. The number of nitro groups is 1. The van der Waals surface area contributed by atoms with Gasteiger partial charge in [-0.2, -0.15) is 0 Å². The highest BCUT2D eigenvalue weighted by Gasteiger charge is 2.08. The van der Waals surface area contributed by atoms with Crippen molar-refractivity contribution >= 4 is 41.3 Å². The van der Waals surface area contributed by atoms with Crippen molar-refractivity contribution in [2.75, 3.05) is 5.32 Å². The average molecular weight is 229 g/mol. The number of nitrogens with zero attached hydrogens (tertiary/aromatic N) is 1. The minimum absolute atomic E-state index is 0.0245. The van der Waals surface area contributed by atoms with E-state index in [1.54, 1.807) is 0 Å². The van der Waals surface area contributed by atoms with Crippen molar-refractivity contribution in [2.24, 2.45) is 5.73 Å². The van der Waals surface area contributed by atoms with Gasteiger partial charge in [0.05, 0.1) is 10.6 Å². The molecule has 0 saturated carbocycles. The Morgan fingerprint density at radius 3 is 2.71 bits per heavy atom. The maximum atomic E-state index is 10.4. The van der Waals surface area contributed by atoms with E-state index in [1.807, 2.05) is 0 Å². The lowest BCUT2D eigenvalue weighted by atomic mass is 10.3. The maximum Gasteiger partial charge on any atom is 0.270 e. The molecule has 1 aromatic carbocycles. The van der Waals surface area contributed by atoms with Gasteiger partial charge in [0.1, 0.15) is 0 Å². The second kappa shape index (κ2) is 4.25. The number of anilines is 1. The summed E-state index contributed by atoms with van der Waals surface area (Å²) in [7, 11) is 0. The van der Waals surface area contributed by atoms with Crippen molar-refractivity contribution in [3.05, 3.63) is 28.3 Å². The van der Waals surface area contributed by atoms with Crippen LogP contribution in [0.3, 0.4) is 0 Å². The normalized spacial score (nSPS) is 9.50. The average Bonchev–Trinajstić information content (AvgIpc) is 2.07. The first-order chi connectivity index (χ1) is 6.50. The summed E-state index contributed by atoms with van der Waals surface area (Å²) in [5.41, 5.74) is 5.77. The number of rotatable bonds is 2. The lowest BCUT2D eigenvalue weighted by Crippen LogP contribution is -2.19. The lowest BCUT2D eigenvalue weighted by Gasteiger charge is -2.05. The van der Waals surface area contributed by atoms with Gasteiger partial charge in [-0.3, -0.25) is 10.1 Å². The smallest absolute Gasteiger partial charge is 0.270 e. The molecule has 0 aliphatic rings. The van der Waals surface area contributed by atoms with Crippen LogP contribution < -0.4 is 11.1 Å². The molecular weight excluding hydrogens is 222 g/mol. The summed E-state index contributed by atoms with van der Waals surface area (Å²) >= 11 is 8.68. The van der Waals surface area contributed by atoms with Crippen LogP contribution in [0.2, 0.25) is 0 Å². The number of thiocarbonyl (C=S) groups is 1. The summed E-state index contributed by atoms with van der Waals surface area (Å²) in [5.74, 6) is 0. The van der Waals surface area contributed by atoms with E-state index in [-0.39, 0.29) is 10.8 Å². The van der Waals surface area contributed by atoms with Gasteiger partial charge in [0.2, 0.25) is 0 Å². The topological polar surface area (TPSA) is 81.2 Å². The van der Waals surface area contributed by atoms with Crippen LogP contribution in [0.15, 0.2) is 23.1 Å². The van der Waals surface area contributed by atoms with E-state index in [1.165, 1.54) is 18.2 Å². The Bertz CT molecular complexity index is 395. The zero-order valence-corrected chi connectivity index (χ0v) is 8.64. The van der Waals surface area contributed by atoms with E-state index >= 15 is 0 Å². The molecule has 0 unspecified atom stereocenters. The third-order valence-electron chi connectivity index (χ3n) is 1.45. The van der Waals surface area contributed by atoms with E-state index in [9.17, 15) is 10.1 Å². The van der Waals surface area contributed by atoms with E-state index in [4.69, 9.17) is 5.73 Å². The summed E-state index contributed by atoms with van der Waals surface area (Å²) in [4.78, 5) is 10.3. The SMILES string of the molecule is NC(=S)Nc1ccc([N+](=O)[O-])cc1S. The van der Waals surface area contributed by atoms with Gasteiger partial charge >= 0.3 is 0 Å². The molecule has 14 heavy (non-hydrogen) atoms. The molecule has 1 rings (SSSR count). The van der Waals surface area contributed by atoms with Gasteiger partial charge in [0.15, 0.2) is 5.11 Å². The van der Waals surface area contributed by atoms with Gasteiger partial charge < -0.3 is 11.1 Å². The molecule has 0 heterocycles. The van der Waals surface area contributed by atoms with Crippen molar-refractivity contribution in [3.8, 4) is 0 Å². The zero-order chi connectivity index (χ0) is 10.7. The standard InChI is InChI=1S/C7H7N3O2S2/c8-7(14)9-5-2-1-4(10(11)12)3-6(5)13/h1-3,13H,(H3,8,9,14). The summed E-state index contributed by atoms with van der Waals surface area (Å²) in [6.45, 7) is 0. The Morgan fingerprint density at radius 1 is 1.64 bits per heavy atom. The van der Waals surface area contributed by atoms with Crippen molar-refractivity contribution in [1.29, 1.82) is 0 Å². The molecule has 74 valence electrons. The molecule has 7 heteroatoms. The van der Waals surface area contributed by atoms with Crippen molar-refractivity contribution < 1.29 is 4.92 Å². The van der Waals surface area contributed by atoms with Crippen LogP contribution in [-0.4, -0.2) is 10.0 Å². The van der Waals surface area contributed by atoms with Gasteiger partial charge in [-0.05, 0) is 18.3 Å². The van der Waals surface area contributed by atoms with E-state index in [0.717, 1.165) is 0 Å². The Labute approximate surface area is 90.9 Å². The molecule has 0 atom stereocenters. The number of non-ortho nitro benzene ring substituents is 1. The minimum atomic E-state index is -0.496. The van der Waals surface area contributed by atoms with Crippen LogP contribution in [0.1, 0.15) is 0 Å². The predicted octanol–water partition coefficient (Wildman–Crippen LogP) is 1.54. The maximum absolute atomic E-state index is 10.4. The monoisotopic (exact) mass is 229 g/mol. The minimum Gasteiger partial charge on any atom is -0.376 e. The molecule has 0 aliphatic heterocycles. The fourth-order valence-corrected chi connectivity index (χ4v) is 1.24. The Balaban J connectivity index is 3.01. The van der Waals surface area contributed by atoms with Crippen molar-refractivity contribution in [3.63, 3.8) is 0 Å². The quantitative estimate of drug-likeness (QED) is 0.310. The number of nitro benzene ring substituents is 1. The number of hydrogen-bond donors (Lipinski definition) is 3. The fraction of sp³-hybridized carbons (Fsp3) is 0. The van der Waals surface area contributed by atoms with Crippen LogP contribution >= 0.6 is 24.8 Å². The van der Waals surface area contributed by atoms with E-state index < -0.39 is 4.92 Å². The zero-order valence-electron chi connectivity index (χ0n) is 6.93. The van der Waals surface area contributed by atoms with Gasteiger partial charge in [-0.25, -0.2) is 0 Å². The summed E-state index contributed by atoms with van der Waals surface area (Å²) in [6.07, 6.45) is 0. The van der Waals surface area contributed by atoms with Crippen LogP contribution in [-0.2, 0) is 0 Å². The molecule has 0 spiro atoms. The van der Waals surface area contributed by atoms with Gasteiger partial charge in [-0.1, -0.05) is 0 Å². The molecule has 0 radical (unpaired) electrons. The lowest BCUT2D eigenvalue weighted by molar-refractivity contribution is -0.385. The van der Waals surface area contributed by atoms with Crippen molar-refractivity contribution in [2.45, 2.75) is 4.90 Å². The fourth-order valence-electron chi connectivity index (χ4n) is 0.872. The summed E-state index contributed by atoms with van der Waals surface area (Å²) in [5, 5.41) is 13.1. The summed E-state index contributed by atoms with van der Waals surface area (Å²) in [6, 6.07) is 4.17. The Kier molecular flexibility index (Phi) is 3.26. The molecule has 0 saturated heterocycles. The first-order valence-corrected chi connectivity index (χ1v) is 4.40. The molecule has 0 aromatic heterocycles. The Hall–Kier alpha value is -1.34. The molecule has 0 bridgehead atoms. The van der Waals surface area contributed by atoms with E-state index in [0.29, 0.717) is 10.6 Å². The van der Waals surface area contributed by atoms with Crippen LogP contribution in [0.25, 0.3) is 0 Å². The van der Waals surface area contributed by atoms with Crippen LogP contribution in [0, 0.1) is 10.1 Å². The van der Waals surface area contributed by atoms with Crippen LogP contribution in [0.5, 0.6) is 0 Å².